The van der Waals surface area contributed by atoms with E-state index in [0.29, 0.717) is 49.4 Å². The van der Waals surface area contributed by atoms with Gasteiger partial charge in [0.05, 0.1) is 17.4 Å². The highest BCUT2D eigenvalue weighted by molar-refractivity contribution is 7.88. The fourth-order valence-electron chi connectivity index (χ4n) is 3.01. The maximum absolute atomic E-state index is 13.8. The standard InChI is InChI=1S/C19H20FN3O2S/c20-19-4-2-1-3-18(19)14-22-9-11-23(12-10-22)26(24,25)15-17-7-5-16(13-21)6-8-17/h1-8H,9-12,14-15H2. The number of piperazine rings is 1. The Labute approximate surface area is 153 Å². The van der Waals surface area contributed by atoms with Gasteiger partial charge in [-0.3, -0.25) is 4.90 Å². The molecule has 0 unspecified atom stereocenters. The van der Waals surface area contributed by atoms with E-state index in [2.05, 4.69) is 4.90 Å². The van der Waals surface area contributed by atoms with E-state index in [1.165, 1.54) is 10.4 Å². The molecule has 136 valence electrons. The minimum atomic E-state index is -3.41. The molecule has 3 rings (SSSR count). The molecule has 7 heteroatoms. The van der Waals surface area contributed by atoms with E-state index >= 15 is 0 Å². The van der Waals surface area contributed by atoms with Crippen molar-refractivity contribution in [2.24, 2.45) is 0 Å². The maximum atomic E-state index is 13.8. The molecule has 1 heterocycles. The van der Waals surface area contributed by atoms with Gasteiger partial charge in [0.25, 0.3) is 0 Å². The van der Waals surface area contributed by atoms with Crippen molar-refractivity contribution in [3.8, 4) is 6.07 Å². The summed E-state index contributed by atoms with van der Waals surface area (Å²) in [7, 11) is -3.41. The molecule has 0 bridgehead atoms. The van der Waals surface area contributed by atoms with E-state index in [4.69, 9.17) is 5.26 Å². The third kappa shape index (κ3) is 4.47. The highest BCUT2D eigenvalue weighted by Gasteiger charge is 2.27. The van der Waals surface area contributed by atoms with Crippen molar-refractivity contribution < 1.29 is 12.8 Å². The first kappa shape index (κ1) is 18.5. The summed E-state index contributed by atoms with van der Waals surface area (Å²) in [5.74, 6) is -0.310. The summed E-state index contributed by atoms with van der Waals surface area (Å²) in [4.78, 5) is 2.06. The molecule has 2 aromatic rings. The van der Waals surface area contributed by atoms with Crippen LogP contribution in [0.25, 0.3) is 0 Å². The van der Waals surface area contributed by atoms with Crippen LogP contribution in [0, 0.1) is 17.1 Å². The van der Waals surface area contributed by atoms with Gasteiger partial charge in [-0.15, -0.1) is 0 Å². The Morgan fingerprint density at radius 2 is 1.65 bits per heavy atom. The molecule has 1 saturated heterocycles. The number of hydrogen-bond acceptors (Lipinski definition) is 4. The number of nitrogens with zero attached hydrogens (tertiary/aromatic N) is 3. The predicted molar refractivity (Wildman–Crippen MR) is 97.0 cm³/mol. The molecule has 1 aliphatic rings. The van der Waals surface area contributed by atoms with Crippen LogP contribution in [0.4, 0.5) is 4.39 Å². The molecule has 0 atom stereocenters. The molecule has 26 heavy (non-hydrogen) atoms. The van der Waals surface area contributed by atoms with Crippen molar-refractivity contribution in [1.29, 1.82) is 5.26 Å². The molecular weight excluding hydrogens is 353 g/mol. The molecule has 2 aromatic carbocycles. The Morgan fingerprint density at radius 3 is 2.27 bits per heavy atom. The molecule has 0 radical (unpaired) electrons. The largest absolute Gasteiger partial charge is 0.296 e. The molecule has 0 saturated carbocycles. The average Bonchev–Trinajstić information content (AvgIpc) is 2.64. The highest BCUT2D eigenvalue weighted by Crippen LogP contribution is 2.16. The Hall–Kier alpha value is -2.27. The zero-order valence-corrected chi connectivity index (χ0v) is 15.1. The average molecular weight is 373 g/mol. The number of nitriles is 1. The van der Waals surface area contributed by atoms with Crippen LogP contribution in [0.2, 0.25) is 0 Å². The van der Waals surface area contributed by atoms with Gasteiger partial charge >= 0.3 is 0 Å². The van der Waals surface area contributed by atoms with E-state index in [-0.39, 0.29) is 11.6 Å². The lowest BCUT2D eigenvalue weighted by atomic mass is 10.2. The zero-order valence-electron chi connectivity index (χ0n) is 14.3. The van der Waals surface area contributed by atoms with Gasteiger partial charge < -0.3 is 0 Å². The van der Waals surface area contributed by atoms with Crippen LogP contribution in [0.3, 0.4) is 0 Å². The van der Waals surface area contributed by atoms with E-state index in [1.807, 2.05) is 6.07 Å². The second kappa shape index (κ2) is 7.96. The molecule has 0 N–H and O–H groups in total. The molecule has 0 aromatic heterocycles. The van der Waals surface area contributed by atoms with Crippen LogP contribution in [-0.2, 0) is 22.3 Å². The van der Waals surface area contributed by atoms with Crippen molar-refractivity contribution in [1.82, 2.24) is 9.21 Å². The van der Waals surface area contributed by atoms with E-state index in [9.17, 15) is 12.8 Å². The highest BCUT2D eigenvalue weighted by atomic mass is 32.2. The topological polar surface area (TPSA) is 64.4 Å². The number of sulfonamides is 1. The fourth-order valence-corrected chi connectivity index (χ4v) is 4.53. The minimum absolute atomic E-state index is 0.0774. The van der Waals surface area contributed by atoms with Crippen molar-refractivity contribution in [2.45, 2.75) is 12.3 Å². The number of rotatable bonds is 5. The summed E-state index contributed by atoms with van der Waals surface area (Å²) in [5.41, 5.74) is 1.80. The van der Waals surface area contributed by atoms with Gasteiger partial charge in [-0.2, -0.15) is 9.57 Å². The van der Waals surface area contributed by atoms with Gasteiger partial charge in [0.1, 0.15) is 5.82 Å². The maximum Gasteiger partial charge on any atom is 0.218 e. The number of hydrogen-bond donors (Lipinski definition) is 0. The van der Waals surface area contributed by atoms with Crippen LogP contribution in [-0.4, -0.2) is 43.8 Å². The Kier molecular flexibility index (Phi) is 5.67. The third-order valence-electron chi connectivity index (χ3n) is 4.51. The lowest BCUT2D eigenvalue weighted by Gasteiger charge is -2.34. The molecule has 0 spiro atoms. The monoisotopic (exact) mass is 373 g/mol. The first-order chi connectivity index (χ1) is 12.5. The molecular formula is C19H20FN3O2S. The van der Waals surface area contributed by atoms with Crippen LogP contribution < -0.4 is 0 Å². The van der Waals surface area contributed by atoms with Gasteiger partial charge in [0.15, 0.2) is 0 Å². The lowest BCUT2D eigenvalue weighted by molar-refractivity contribution is 0.180. The smallest absolute Gasteiger partial charge is 0.218 e. The van der Waals surface area contributed by atoms with Crippen LogP contribution in [0.1, 0.15) is 16.7 Å². The minimum Gasteiger partial charge on any atom is -0.296 e. The van der Waals surface area contributed by atoms with Crippen LogP contribution in [0.5, 0.6) is 0 Å². The van der Waals surface area contributed by atoms with Gasteiger partial charge in [-0.25, -0.2) is 12.8 Å². The Morgan fingerprint density at radius 1 is 1.00 bits per heavy atom. The van der Waals surface area contributed by atoms with Gasteiger partial charge in [-0.05, 0) is 23.8 Å². The summed E-state index contributed by atoms with van der Waals surface area (Å²) in [6.45, 7) is 2.41. The fraction of sp³-hybridized carbons (Fsp3) is 0.316. The van der Waals surface area contributed by atoms with Gasteiger partial charge in [0.2, 0.25) is 10.0 Å². The molecule has 0 aliphatic carbocycles. The first-order valence-electron chi connectivity index (χ1n) is 8.40. The Bertz CT molecular complexity index is 899. The summed E-state index contributed by atoms with van der Waals surface area (Å²) < 4.78 is 40.5. The molecule has 1 aliphatic heterocycles. The summed E-state index contributed by atoms with van der Waals surface area (Å²) in [5, 5.41) is 8.81. The second-order valence-electron chi connectivity index (χ2n) is 6.33. The summed E-state index contributed by atoms with van der Waals surface area (Å²) >= 11 is 0. The summed E-state index contributed by atoms with van der Waals surface area (Å²) in [6, 6.07) is 15.3. The zero-order chi connectivity index (χ0) is 18.6. The molecule has 0 amide bonds. The van der Waals surface area contributed by atoms with E-state index in [1.54, 1.807) is 42.5 Å². The van der Waals surface area contributed by atoms with Crippen molar-refractivity contribution in [2.75, 3.05) is 26.2 Å². The Balaban J connectivity index is 1.58. The second-order valence-corrected chi connectivity index (χ2v) is 8.30. The number of halogens is 1. The lowest BCUT2D eigenvalue weighted by Crippen LogP contribution is -2.48. The van der Waals surface area contributed by atoms with E-state index < -0.39 is 10.0 Å². The normalized spacial score (nSPS) is 16.3. The first-order valence-corrected chi connectivity index (χ1v) is 10.0. The van der Waals surface area contributed by atoms with Crippen molar-refractivity contribution in [3.05, 3.63) is 71.0 Å². The van der Waals surface area contributed by atoms with Gasteiger partial charge in [0, 0.05) is 38.3 Å². The number of benzene rings is 2. The van der Waals surface area contributed by atoms with Crippen molar-refractivity contribution >= 4 is 10.0 Å². The quantitative estimate of drug-likeness (QED) is 0.807. The van der Waals surface area contributed by atoms with Crippen LogP contribution in [0.15, 0.2) is 48.5 Å². The van der Waals surface area contributed by atoms with Gasteiger partial charge in [-0.1, -0.05) is 30.3 Å². The van der Waals surface area contributed by atoms with Crippen LogP contribution >= 0.6 is 0 Å². The third-order valence-corrected chi connectivity index (χ3v) is 6.36. The molecule has 5 nitrogen and oxygen atoms in total. The molecule has 1 fully saturated rings. The van der Waals surface area contributed by atoms with E-state index in [0.717, 1.165) is 0 Å². The predicted octanol–water partition coefficient (Wildman–Crippen LogP) is 2.34. The van der Waals surface area contributed by atoms with Crippen molar-refractivity contribution in [3.63, 3.8) is 0 Å². The SMILES string of the molecule is N#Cc1ccc(CS(=O)(=O)N2CCN(Cc3ccccc3F)CC2)cc1. The summed E-state index contributed by atoms with van der Waals surface area (Å²) in [6.07, 6.45) is 0.